The Kier molecular flexibility index (Phi) is 5.90. The molecule has 2 heterocycles. The van der Waals surface area contributed by atoms with Crippen LogP contribution in [0.5, 0.6) is 0 Å². The fourth-order valence-corrected chi connectivity index (χ4v) is 3.53. The van der Waals surface area contributed by atoms with E-state index >= 15 is 0 Å². The molecule has 2 aliphatic rings. The number of carbonyl (C=O) groups is 2. The van der Waals surface area contributed by atoms with Crippen molar-refractivity contribution in [2.24, 2.45) is 5.92 Å². The van der Waals surface area contributed by atoms with Crippen molar-refractivity contribution in [1.29, 1.82) is 0 Å². The number of urea groups is 1. The van der Waals surface area contributed by atoms with E-state index in [4.69, 9.17) is 9.47 Å². The van der Waals surface area contributed by atoms with Crippen LogP contribution in [0.3, 0.4) is 0 Å². The van der Waals surface area contributed by atoms with E-state index in [0.717, 1.165) is 5.69 Å². The third-order valence-corrected chi connectivity index (χ3v) is 4.98. The lowest BCUT2D eigenvalue weighted by Crippen LogP contribution is -2.73. The van der Waals surface area contributed by atoms with Gasteiger partial charge in [-0.25, -0.2) is 4.79 Å². The van der Waals surface area contributed by atoms with Gasteiger partial charge in [-0.1, -0.05) is 12.1 Å². The predicted molar refractivity (Wildman–Crippen MR) is 95.0 cm³/mol. The first-order chi connectivity index (χ1) is 13.7. The van der Waals surface area contributed by atoms with Crippen molar-refractivity contribution in [2.45, 2.75) is 24.9 Å². The first-order valence-corrected chi connectivity index (χ1v) is 9.14. The fraction of sp³-hybridized carbons (Fsp3) is 0.556. The summed E-state index contributed by atoms with van der Waals surface area (Å²) >= 11 is 0. The Morgan fingerprint density at radius 1 is 1.31 bits per heavy atom. The van der Waals surface area contributed by atoms with Gasteiger partial charge in [0.1, 0.15) is 5.92 Å². The van der Waals surface area contributed by atoms with Gasteiger partial charge < -0.3 is 30.1 Å². The topological polar surface area (TPSA) is 100 Å². The molecule has 1 aromatic rings. The molecule has 3 atom stereocenters. The molecule has 1 aromatic carbocycles. The third-order valence-electron chi connectivity index (χ3n) is 4.98. The van der Waals surface area contributed by atoms with Crippen molar-refractivity contribution in [3.63, 3.8) is 0 Å². The van der Waals surface area contributed by atoms with Crippen molar-refractivity contribution < 1.29 is 37.3 Å². The van der Waals surface area contributed by atoms with Crippen LogP contribution in [0.1, 0.15) is 18.5 Å². The highest BCUT2D eigenvalue weighted by Crippen LogP contribution is 2.43. The monoisotopic (exact) mass is 417 g/mol. The van der Waals surface area contributed by atoms with Gasteiger partial charge in [0.2, 0.25) is 0 Å². The molecule has 0 radical (unpaired) electrons. The summed E-state index contributed by atoms with van der Waals surface area (Å²) in [6.07, 6.45) is -5.30. The van der Waals surface area contributed by atoms with E-state index in [2.05, 4.69) is 5.32 Å². The Morgan fingerprint density at radius 3 is 2.48 bits per heavy atom. The second kappa shape index (κ2) is 8.07. The highest BCUT2D eigenvalue weighted by molar-refractivity contribution is 5.83. The number of carbonyl (C=O) groups excluding carboxylic acids is 2. The summed E-state index contributed by atoms with van der Waals surface area (Å²) in [4.78, 5) is 26.3. The molecule has 2 aliphatic heterocycles. The lowest BCUT2D eigenvalue weighted by atomic mass is 9.82. The minimum Gasteiger partial charge on any atom is -0.466 e. The Morgan fingerprint density at radius 2 is 1.93 bits per heavy atom. The number of nitrogens with one attached hydrogen (secondary N) is 2. The Balaban J connectivity index is 1.95. The van der Waals surface area contributed by atoms with Gasteiger partial charge in [0, 0.05) is 18.8 Å². The van der Waals surface area contributed by atoms with Crippen LogP contribution in [0.25, 0.3) is 0 Å². The van der Waals surface area contributed by atoms with Crippen LogP contribution in [0.2, 0.25) is 0 Å². The van der Waals surface area contributed by atoms with E-state index in [1.165, 1.54) is 24.4 Å². The molecule has 11 heteroatoms. The van der Waals surface area contributed by atoms with Crippen molar-refractivity contribution >= 4 is 17.7 Å². The fourth-order valence-electron chi connectivity index (χ4n) is 3.53. The number of hydrogen-bond acceptors (Lipinski definition) is 6. The average Bonchev–Trinajstić information content (AvgIpc) is 2.67. The van der Waals surface area contributed by atoms with Crippen LogP contribution in [-0.4, -0.2) is 61.9 Å². The summed E-state index contributed by atoms with van der Waals surface area (Å²) in [5.74, 6) is -3.41. The molecule has 0 aliphatic carbocycles. The summed E-state index contributed by atoms with van der Waals surface area (Å²) in [5, 5.41) is 14.1. The number of amides is 2. The number of rotatable bonds is 4. The Labute approximate surface area is 164 Å². The normalized spacial score (nSPS) is 27.8. The molecule has 3 rings (SSSR count). The van der Waals surface area contributed by atoms with Gasteiger partial charge in [-0.3, -0.25) is 4.79 Å². The zero-order chi connectivity index (χ0) is 21.2. The highest BCUT2D eigenvalue weighted by atomic mass is 19.4. The molecule has 3 unspecified atom stereocenters. The van der Waals surface area contributed by atoms with Crippen LogP contribution >= 0.6 is 0 Å². The van der Waals surface area contributed by atoms with E-state index in [-0.39, 0.29) is 12.2 Å². The van der Waals surface area contributed by atoms with Gasteiger partial charge in [-0.2, -0.15) is 13.2 Å². The lowest BCUT2D eigenvalue weighted by Gasteiger charge is -2.44. The lowest BCUT2D eigenvalue weighted by molar-refractivity contribution is -0.294. The van der Waals surface area contributed by atoms with Crippen LogP contribution in [0.15, 0.2) is 24.3 Å². The minimum atomic E-state index is -5.30. The van der Waals surface area contributed by atoms with E-state index in [1.807, 2.05) is 4.90 Å². The van der Waals surface area contributed by atoms with E-state index < -0.39 is 35.9 Å². The molecular formula is C18H22F3N3O5. The first-order valence-electron chi connectivity index (χ1n) is 9.14. The quantitative estimate of drug-likeness (QED) is 0.639. The van der Waals surface area contributed by atoms with E-state index in [9.17, 15) is 27.9 Å². The second-order valence-corrected chi connectivity index (χ2v) is 6.76. The average molecular weight is 417 g/mol. The number of halogens is 3. The highest BCUT2D eigenvalue weighted by Gasteiger charge is 2.67. The SMILES string of the molecule is CCOC(=O)C1C(c2ccc(N3CCOCC3)cc2)NC(=O)NC1(O)C(F)(F)F. The van der Waals surface area contributed by atoms with Crippen LogP contribution < -0.4 is 15.5 Å². The molecule has 0 spiro atoms. The van der Waals surface area contributed by atoms with E-state index in [1.54, 1.807) is 12.1 Å². The Hall–Kier alpha value is -2.53. The number of aliphatic hydroxyl groups is 1. The first kappa shape index (κ1) is 21.2. The zero-order valence-corrected chi connectivity index (χ0v) is 15.7. The van der Waals surface area contributed by atoms with Gasteiger partial charge in [-0.15, -0.1) is 0 Å². The number of benzene rings is 1. The third kappa shape index (κ3) is 4.10. The summed E-state index contributed by atoms with van der Waals surface area (Å²) in [5.41, 5.74) is -2.71. The standard InChI is InChI=1S/C18H22F3N3O5/c1-2-29-15(25)13-14(22-16(26)23-17(13,27)18(19,20)21)11-3-5-12(6-4-11)24-7-9-28-10-8-24/h3-6,13-14,27H,2,7-10H2,1H3,(H2,22,23,26). The molecule has 0 aromatic heterocycles. The Bertz CT molecular complexity index is 752. The maximum Gasteiger partial charge on any atom is 0.437 e. The van der Waals surface area contributed by atoms with Crippen LogP contribution in [0.4, 0.5) is 23.7 Å². The van der Waals surface area contributed by atoms with Crippen molar-refractivity contribution in [3.05, 3.63) is 29.8 Å². The molecule has 2 fully saturated rings. The number of nitrogens with zero attached hydrogens (tertiary/aromatic N) is 1. The van der Waals surface area contributed by atoms with Crippen molar-refractivity contribution in [3.8, 4) is 0 Å². The summed E-state index contributed by atoms with van der Waals surface area (Å²) in [6, 6.07) is 3.72. The van der Waals surface area contributed by atoms with Crippen LogP contribution in [0, 0.1) is 5.92 Å². The minimum absolute atomic E-state index is 0.181. The number of hydrogen-bond donors (Lipinski definition) is 3. The largest absolute Gasteiger partial charge is 0.466 e. The van der Waals surface area contributed by atoms with Gasteiger partial charge >= 0.3 is 18.2 Å². The summed E-state index contributed by atoms with van der Waals surface area (Å²) < 4.78 is 50.9. The molecule has 3 N–H and O–H groups in total. The summed E-state index contributed by atoms with van der Waals surface area (Å²) in [7, 11) is 0. The van der Waals surface area contributed by atoms with Gasteiger partial charge in [0.15, 0.2) is 0 Å². The number of esters is 1. The van der Waals surface area contributed by atoms with E-state index in [0.29, 0.717) is 26.3 Å². The maximum atomic E-state index is 13.6. The second-order valence-electron chi connectivity index (χ2n) is 6.76. The van der Waals surface area contributed by atoms with Crippen molar-refractivity contribution in [2.75, 3.05) is 37.8 Å². The maximum absolute atomic E-state index is 13.6. The molecule has 160 valence electrons. The molecule has 0 bridgehead atoms. The molecule has 8 nitrogen and oxygen atoms in total. The number of ether oxygens (including phenoxy) is 2. The number of morpholine rings is 1. The zero-order valence-electron chi connectivity index (χ0n) is 15.7. The molecule has 2 saturated heterocycles. The number of anilines is 1. The summed E-state index contributed by atoms with van der Waals surface area (Å²) in [6.45, 7) is 3.72. The predicted octanol–water partition coefficient (Wildman–Crippen LogP) is 1.31. The number of alkyl halides is 3. The molecular weight excluding hydrogens is 395 g/mol. The van der Waals surface area contributed by atoms with Gasteiger partial charge in [0.25, 0.3) is 5.72 Å². The van der Waals surface area contributed by atoms with Gasteiger partial charge in [0.05, 0.1) is 25.9 Å². The van der Waals surface area contributed by atoms with Gasteiger partial charge in [-0.05, 0) is 24.6 Å². The van der Waals surface area contributed by atoms with Crippen molar-refractivity contribution in [1.82, 2.24) is 10.6 Å². The van der Waals surface area contributed by atoms with Crippen LogP contribution in [-0.2, 0) is 14.3 Å². The smallest absolute Gasteiger partial charge is 0.437 e. The molecule has 29 heavy (non-hydrogen) atoms. The molecule has 0 saturated carbocycles. The molecule has 2 amide bonds.